The molecule has 0 N–H and O–H groups in total. The summed E-state index contributed by atoms with van der Waals surface area (Å²) in [5.41, 5.74) is 1.42. The fourth-order valence-electron chi connectivity index (χ4n) is 2.77. The second kappa shape index (κ2) is 5.68. The van der Waals surface area contributed by atoms with Crippen LogP contribution in [0.2, 0.25) is 0 Å². The van der Waals surface area contributed by atoms with Crippen LogP contribution in [0, 0.1) is 6.92 Å². The fourth-order valence-corrected chi connectivity index (χ4v) is 2.77. The predicted molar refractivity (Wildman–Crippen MR) is 80.6 cm³/mol. The SMILES string of the molecule is Cc1ccc2ncc(C(=O)N3CCCCCC3)c(=O)n2c1. The molecule has 0 spiro atoms. The van der Waals surface area contributed by atoms with Crippen molar-refractivity contribution in [3.8, 4) is 0 Å². The van der Waals surface area contributed by atoms with Gasteiger partial charge in [-0.2, -0.15) is 0 Å². The van der Waals surface area contributed by atoms with Gasteiger partial charge in [0, 0.05) is 25.5 Å². The van der Waals surface area contributed by atoms with E-state index in [1.54, 1.807) is 17.2 Å². The summed E-state index contributed by atoms with van der Waals surface area (Å²) in [5.74, 6) is -0.190. The Labute approximate surface area is 123 Å². The molecule has 3 rings (SSSR count). The summed E-state index contributed by atoms with van der Waals surface area (Å²) in [6.45, 7) is 3.37. The topological polar surface area (TPSA) is 54.7 Å². The van der Waals surface area contributed by atoms with Crippen molar-refractivity contribution in [2.45, 2.75) is 32.6 Å². The maximum atomic E-state index is 12.6. The first-order valence-corrected chi connectivity index (χ1v) is 7.44. The van der Waals surface area contributed by atoms with Crippen LogP contribution in [0.3, 0.4) is 0 Å². The van der Waals surface area contributed by atoms with E-state index in [2.05, 4.69) is 4.98 Å². The van der Waals surface area contributed by atoms with Crippen LogP contribution in [0.15, 0.2) is 29.3 Å². The molecule has 2 aromatic heterocycles. The number of nitrogens with zero attached hydrogens (tertiary/aromatic N) is 3. The molecule has 1 fully saturated rings. The molecule has 0 atom stereocenters. The van der Waals surface area contributed by atoms with E-state index in [1.165, 1.54) is 10.6 Å². The van der Waals surface area contributed by atoms with Crippen LogP contribution in [-0.2, 0) is 0 Å². The minimum atomic E-state index is -0.280. The van der Waals surface area contributed by atoms with E-state index in [4.69, 9.17) is 0 Å². The molecule has 2 aromatic rings. The number of aryl methyl sites for hydroxylation is 1. The van der Waals surface area contributed by atoms with Gasteiger partial charge in [-0.05, 0) is 31.4 Å². The molecule has 5 nitrogen and oxygen atoms in total. The first-order valence-electron chi connectivity index (χ1n) is 7.44. The fraction of sp³-hybridized carbons (Fsp3) is 0.438. The second-order valence-corrected chi connectivity index (χ2v) is 5.62. The van der Waals surface area contributed by atoms with E-state index in [0.717, 1.165) is 44.3 Å². The van der Waals surface area contributed by atoms with Crippen LogP contribution in [0.5, 0.6) is 0 Å². The van der Waals surface area contributed by atoms with Crippen molar-refractivity contribution in [1.29, 1.82) is 0 Å². The lowest BCUT2D eigenvalue weighted by Gasteiger charge is -2.19. The number of aromatic nitrogens is 2. The van der Waals surface area contributed by atoms with Crippen LogP contribution in [0.4, 0.5) is 0 Å². The lowest BCUT2D eigenvalue weighted by molar-refractivity contribution is 0.0759. The highest BCUT2D eigenvalue weighted by atomic mass is 16.2. The van der Waals surface area contributed by atoms with Gasteiger partial charge in [-0.15, -0.1) is 0 Å². The van der Waals surface area contributed by atoms with Crippen molar-refractivity contribution < 1.29 is 4.79 Å². The summed E-state index contributed by atoms with van der Waals surface area (Å²) in [4.78, 5) is 31.1. The largest absolute Gasteiger partial charge is 0.338 e. The number of hydrogen-bond acceptors (Lipinski definition) is 3. The van der Waals surface area contributed by atoms with Crippen LogP contribution < -0.4 is 5.56 Å². The molecule has 1 amide bonds. The summed E-state index contributed by atoms with van der Waals surface area (Å²) in [6, 6.07) is 3.69. The normalized spacial score (nSPS) is 16.0. The highest BCUT2D eigenvalue weighted by molar-refractivity contribution is 5.93. The highest BCUT2D eigenvalue weighted by Gasteiger charge is 2.21. The Morgan fingerprint density at radius 1 is 1.14 bits per heavy atom. The zero-order chi connectivity index (χ0) is 14.8. The number of pyridine rings is 1. The van der Waals surface area contributed by atoms with Crippen molar-refractivity contribution >= 4 is 11.6 Å². The molecule has 0 aliphatic carbocycles. The van der Waals surface area contributed by atoms with Crippen molar-refractivity contribution in [3.63, 3.8) is 0 Å². The third kappa shape index (κ3) is 2.68. The summed E-state index contributed by atoms with van der Waals surface area (Å²) < 4.78 is 1.46. The zero-order valence-corrected chi connectivity index (χ0v) is 12.2. The maximum absolute atomic E-state index is 12.6. The summed E-state index contributed by atoms with van der Waals surface area (Å²) >= 11 is 0. The number of fused-ring (bicyclic) bond motifs is 1. The quantitative estimate of drug-likeness (QED) is 0.805. The van der Waals surface area contributed by atoms with Crippen LogP contribution in [-0.4, -0.2) is 33.3 Å². The van der Waals surface area contributed by atoms with E-state index in [-0.39, 0.29) is 17.0 Å². The van der Waals surface area contributed by atoms with Gasteiger partial charge in [0.05, 0.1) is 0 Å². The van der Waals surface area contributed by atoms with Gasteiger partial charge in [0.15, 0.2) is 0 Å². The molecule has 1 aliphatic heterocycles. The molecule has 110 valence electrons. The van der Waals surface area contributed by atoms with Crippen LogP contribution >= 0.6 is 0 Å². The van der Waals surface area contributed by atoms with Crippen molar-refractivity contribution in [3.05, 3.63) is 46.0 Å². The molecule has 0 saturated carbocycles. The second-order valence-electron chi connectivity index (χ2n) is 5.62. The number of carbonyl (C=O) groups excluding carboxylic acids is 1. The number of amides is 1. The van der Waals surface area contributed by atoms with E-state index < -0.39 is 0 Å². The Morgan fingerprint density at radius 3 is 2.57 bits per heavy atom. The minimum Gasteiger partial charge on any atom is -0.338 e. The van der Waals surface area contributed by atoms with Gasteiger partial charge < -0.3 is 4.90 Å². The number of rotatable bonds is 1. The molecular weight excluding hydrogens is 266 g/mol. The predicted octanol–water partition coefficient (Wildman–Crippen LogP) is 2.02. The molecule has 5 heteroatoms. The monoisotopic (exact) mass is 285 g/mol. The average molecular weight is 285 g/mol. The molecule has 0 radical (unpaired) electrons. The smallest absolute Gasteiger partial charge is 0.270 e. The van der Waals surface area contributed by atoms with Gasteiger partial charge in [-0.25, -0.2) is 4.98 Å². The number of carbonyl (C=O) groups is 1. The average Bonchev–Trinajstić information content (AvgIpc) is 2.77. The first kappa shape index (κ1) is 13.8. The Hall–Kier alpha value is -2.17. The molecular formula is C16H19N3O2. The highest BCUT2D eigenvalue weighted by Crippen LogP contribution is 2.12. The van der Waals surface area contributed by atoms with Gasteiger partial charge >= 0.3 is 0 Å². The van der Waals surface area contributed by atoms with Gasteiger partial charge in [0.2, 0.25) is 0 Å². The number of hydrogen-bond donors (Lipinski definition) is 0. The van der Waals surface area contributed by atoms with Crippen molar-refractivity contribution in [1.82, 2.24) is 14.3 Å². The van der Waals surface area contributed by atoms with Gasteiger partial charge in [0.1, 0.15) is 11.2 Å². The Bertz CT molecular complexity index is 728. The number of likely N-dealkylation sites (tertiary alicyclic amines) is 1. The molecule has 21 heavy (non-hydrogen) atoms. The zero-order valence-electron chi connectivity index (χ0n) is 12.2. The van der Waals surface area contributed by atoms with Crippen molar-refractivity contribution in [2.75, 3.05) is 13.1 Å². The van der Waals surface area contributed by atoms with Crippen LogP contribution in [0.25, 0.3) is 5.65 Å². The van der Waals surface area contributed by atoms with Crippen LogP contribution in [0.1, 0.15) is 41.6 Å². The van der Waals surface area contributed by atoms with E-state index in [1.807, 2.05) is 13.0 Å². The van der Waals surface area contributed by atoms with E-state index in [0.29, 0.717) is 5.65 Å². The van der Waals surface area contributed by atoms with Crippen molar-refractivity contribution in [2.24, 2.45) is 0 Å². The Kier molecular flexibility index (Phi) is 3.73. The molecule has 1 aliphatic rings. The van der Waals surface area contributed by atoms with Gasteiger partial charge in [0.25, 0.3) is 11.5 Å². The van der Waals surface area contributed by atoms with E-state index in [9.17, 15) is 9.59 Å². The summed E-state index contributed by atoms with van der Waals surface area (Å²) in [6.07, 6.45) is 7.46. The standard InChI is InChI=1S/C16H19N3O2/c1-12-6-7-14-17-10-13(16(21)19(14)11-12)15(20)18-8-4-2-3-5-9-18/h6-7,10-11H,2-5,8-9H2,1H3. The molecule has 1 saturated heterocycles. The Balaban J connectivity index is 2.01. The van der Waals surface area contributed by atoms with E-state index >= 15 is 0 Å². The first-order chi connectivity index (χ1) is 10.2. The maximum Gasteiger partial charge on any atom is 0.270 e. The van der Waals surface area contributed by atoms with Gasteiger partial charge in [-0.3, -0.25) is 14.0 Å². The molecule has 0 aromatic carbocycles. The minimum absolute atomic E-state index is 0.167. The lowest BCUT2D eigenvalue weighted by Crippen LogP contribution is -2.36. The lowest BCUT2D eigenvalue weighted by atomic mass is 10.2. The Morgan fingerprint density at radius 2 is 1.86 bits per heavy atom. The summed E-state index contributed by atoms with van der Waals surface area (Å²) in [7, 11) is 0. The molecule has 0 unspecified atom stereocenters. The summed E-state index contributed by atoms with van der Waals surface area (Å²) in [5, 5.41) is 0. The molecule has 0 bridgehead atoms. The third-order valence-electron chi connectivity index (χ3n) is 3.97. The van der Waals surface area contributed by atoms with Gasteiger partial charge in [-0.1, -0.05) is 18.9 Å². The third-order valence-corrected chi connectivity index (χ3v) is 3.97. The molecule has 3 heterocycles.